The molecule has 0 aromatic carbocycles. The smallest absolute Gasteiger partial charge is 0.254 e. The molecule has 1 saturated carbocycles. The van der Waals surface area contributed by atoms with Gasteiger partial charge in [-0.2, -0.15) is 4.98 Å². The fraction of sp³-hybridized carbons (Fsp3) is 0.579. The zero-order valence-corrected chi connectivity index (χ0v) is 15.6. The van der Waals surface area contributed by atoms with Crippen LogP contribution in [-0.4, -0.2) is 51.0 Å². The SMILES string of the molecule is Nc1nc(N2CCN(Cc3cnc(C4CCCCC4)nc3)CC2)cc(=O)[nH]1. The van der Waals surface area contributed by atoms with Crippen molar-refractivity contribution in [1.82, 2.24) is 24.8 Å². The van der Waals surface area contributed by atoms with Crippen molar-refractivity contribution in [3.05, 3.63) is 40.2 Å². The van der Waals surface area contributed by atoms with Crippen molar-refractivity contribution in [2.45, 2.75) is 44.6 Å². The lowest BCUT2D eigenvalue weighted by atomic mass is 9.89. The predicted molar refractivity (Wildman–Crippen MR) is 105 cm³/mol. The van der Waals surface area contributed by atoms with E-state index < -0.39 is 0 Å². The second-order valence-electron chi connectivity index (χ2n) is 7.54. The summed E-state index contributed by atoms with van der Waals surface area (Å²) in [6.07, 6.45) is 10.4. The van der Waals surface area contributed by atoms with Crippen LogP contribution in [-0.2, 0) is 6.54 Å². The third-order valence-corrected chi connectivity index (χ3v) is 5.54. The summed E-state index contributed by atoms with van der Waals surface area (Å²) in [5.74, 6) is 2.37. The lowest BCUT2D eigenvalue weighted by molar-refractivity contribution is 0.248. The molecule has 2 fully saturated rings. The minimum atomic E-state index is -0.213. The molecule has 3 N–H and O–H groups in total. The molecule has 0 atom stereocenters. The molecule has 0 bridgehead atoms. The van der Waals surface area contributed by atoms with Gasteiger partial charge >= 0.3 is 0 Å². The number of nitrogens with one attached hydrogen (secondary N) is 1. The molecule has 0 spiro atoms. The van der Waals surface area contributed by atoms with Crippen LogP contribution in [0.5, 0.6) is 0 Å². The average Bonchev–Trinajstić information content (AvgIpc) is 2.69. The fourth-order valence-electron chi connectivity index (χ4n) is 4.04. The topological polar surface area (TPSA) is 104 Å². The van der Waals surface area contributed by atoms with Crippen molar-refractivity contribution in [1.29, 1.82) is 0 Å². The number of nitrogens with zero attached hydrogens (tertiary/aromatic N) is 5. The molecule has 2 aromatic rings. The van der Waals surface area contributed by atoms with E-state index in [0.717, 1.165) is 44.1 Å². The number of nitrogens with two attached hydrogens (primary N) is 1. The Morgan fingerprint density at radius 3 is 2.44 bits per heavy atom. The van der Waals surface area contributed by atoms with E-state index in [2.05, 4.69) is 29.7 Å². The Bertz CT molecular complexity index is 806. The first-order valence-electron chi connectivity index (χ1n) is 9.82. The van der Waals surface area contributed by atoms with Gasteiger partial charge in [0.05, 0.1) is 0 Å². The predicted octanol–water partition coefficient (Wildman–Crippen LogP) is 1.51. The summed E-state index contributed by atoms with van der Waals surface area (Å²) in [6, 6.07) is 1.50. The van der Waals surface area contributed by atoms with Gasteiger partial charge in [0.15, 0.2) is 0 Å². The number of H-pyrrole nitrogens is 1. The zero-order valence-electron chi connectivity index (χ0n) is 15.6. The molecule has 2 aromatic heterocycles. The van der Waals surface area contributed by atoms with E-state index in [9.17, 15) is 4.79 Å². The minimum absolute atomic E-state index is 0.162. The lowest BCUT2D eigenvalue weighted by Crippen LogP contribution is -2.46. The van der Waals surface area contributed by atoms with Crippen LogP contribution >= 0.6 is 0 Å². The highest BCUT2D eigenvalue weighted by Gasteiger charge is 2.20. The summed E-state index contributed by atoms with van der Waals surface area (Å²) in [4.78, 5) is 32.0. The molecule has 0 unspecified atom stereocenters. The Morgan fingerprint density at radius 2 is 1.78 bits per heavy atom. The highest BCUT2D eigenvalue weighted by atomic mass is 16.1. The Balaban J connectivity index is 1.31. The molecular formula is C19H27N7O. The van der Waals surface area contributed by atoms with Crippen LogP contribution in [0.25, 0.3) is 0 Å². The first-order valence-corrected chi connectivity index (χ1v) is 9.82. The molecule has 1 aliphatic heterocycles. The van der Waals surface area contributed by atoms with Crippen molar-refractivity contribution in [3.8, 4) is 0 Å². The van der Waals surface area contributed by atoms with Crippen LogP contribution in [0.4, 0.5) is 11.8 Å². The molecule has 8 heteroatoms. The molecule has 27 heavy (non-hydrogen) atoms. The molecule has 0 amide bonds. The summed E-state index contributed by atoms with van der Waals surface area (Å²) < 4.78 is 0. The quantitative estimate of drug-likeness (QED) is 0.842. The number of aromatic amines is 1. The van der Waals surface area contributed by atoms with Crippen molar-refractivity contribution < 1.29 is 0 Å². The lowest BCUT2D eigenvalue weighted by Gasteiger charge is -2.35. The maximum absolute atomic E-state index is 11.6. The van der Waals surface area contributed by atoms with E-state index in [4.69, 9.17) is 5.73 Å². The molecule has 3 heterocycles. The van der Waals surface area contributed by atoms with Gasteiger partial charge in [-0.3, -0.25) is 14.7 Å². The van der Waals surface area contributed by atoms with E-state index in [-0.39, 0.29) is 11.5 Å². The molecule has 0 radical (unpaired) electrons. The Kier molecular flexibility index (Phi) is 5.33. The van der Waals surface area contributed by atoms with Gasteiger partial charge in [0.25, 0.3) is 5.56 Å². The summed E-state index contributed by atoms with van der Waals surface area (Å²) >= 11 is 0. The number of piperazine rings is 1. The third-order valence-electron chi connectivity index (χ3n) is 5.54. The number of aromatic nitrogens is 4. The van der Waals surface area contributed by atoms with E-state index in [1.54, 1.807) is 0 Å². The van der Waals surface area contributed by atoms with Crippen LogP contribution in [0.1, 0.15) is 49.4 Å². The molecular weight excluding hydrogens is 342 g/mol. The monoisotopic (exact) mass is 369 g/mol. The maximum atomic E-state index is 11.6. The maximum Gasteiger partial charge on any atom is 0.254 e. The standard InChI is InChI=1S/C19H27N7O/c20-19-23-16(10-17(27)24-19)26-8-6-25(7-9-26)13-14-11-21-18(22-12-14)15-4-2-1-3-5-15/h10-12,15H,1-9,13H2,(H3,20,23,24,27). The molecule has 8 nitrogen and oxygen atoms in total. The van der Waals surface area contributed by atoms with E-state index in [1.807, 2.05) is 12.4 Å². The van der Waals surface area contributed by atoms with Gasteiger partial charge in [0.2, 0.25) is 5.95 Å². The number of anilines is 2. The van der Waals surface area contributed by atoms with E-state index >= 15 is 0 Å². The second kappa shape index (κ2) is 8.04. The number of hydrogen-bond donors (Lipinski definition) is 2. The number of rotatable bonds is 4. The van der Waals surface area contributed by atoms with Gasteiger partial charge in [-0.1, -0.05) is 19.3 Å². The van der Waals surface area contributed by atoms with Crippen LogP contribution in [0.2, 0.25) is 0 Å². The molecule has 2 aliphatic rings. The minimum Gasteiger partial charge on any atom is -0.369 e. The number of hydrogen-bond acceptors (Lipinski definition) is 7. The van der Waals surface area contributed by atoms with Gasteiger partial charge < -0.3 is 10.6 Å². The van der Waals surface area contributed by atoms with Crippen molar-refractivity contribution in [2.75, 3.05) is 36.8 Å². The first kappa shape index (κ1) is 17.9. The van der Waals surface area contributed by atoms with Gasteiger partial charge in [-0.05, 0) is 12.8 Å². The zero-order chi connectivity index (χ0) is 18.6. The second-order valence-corrected chi connectivity index (χ2v) is 7.54. The Labute approximate surface area is 158 Å². The summed E-state index contributed by atoms with van der Waals surface area (Å²) in [6.45, 7) is 4.29. The third kappa shape index (κ3) is 4.44. The van der Waals surface area contributed by atoms with Crippen LogP contribution in [0.15, 0.2) is 23.3 Å². The van der Waals surface area contributed by atoms with Crippen molar-refractivity contribution >= 4 is 11.8 Å². The van der Waals surface area contributed by atoms with Crippen molar-refractivity contribution in [3.63, 3.8) is 0 Å². The first-order chi connectivity index (χ1) is 13.2. The Morgan fingerprint density at radius 1 is 1.07 bits per heavy atom. The highest BCUT2D eigenvalue weighted by Crippen LogP contribution is 2.30. The highest BCUT2D eigenvalue weighted by molar-refractivity contribution is 5.41. The summed E-state index contributed by atoms with van der Waals surface area (Å²) in [5, 5.41) is 0. The fourth-order valence-corrected chi connectivity index (χ4v) is 4.04. The molecule has 4 rings (SSSR count). The van der Waals surface area contributed by atoms with Crippen LogP contribution in [0.3, 0.4) is 0 Å². The molecule has 1 saturated heterocycles. The molecule has 1 aliphatic carbocycles. The Hall–Kier alpha value is -2.48. The van der Waals surface area contributed by atoms with Gasteiger partial charge in [0, 0.05) is 62.7 Å². The van der Waals surface area contributed by atoms with Crippen LogP contribution < -0.4 is 16.2 Å². The van der Waals surface area contributed by atoms with Gasteiger partial charge in [0.1, 0.15) is 11.6 Å². The largest absolute Gasteiger partial charge is 0.369 e. The van der Waals surface area contributed by atoms with E-state index in [0.29, 0.717) is 11.7 Å². The average molecular weight is 369 g/mol. The number of nitrogen functional groups attached to an aromatic ring is 1. The summed E-state index contributed by atoms with van der Waals surface area (Å²) in [5.41, 5.74) is 6.59. The molecule has 144 valence electrons. The normalized spacial score (nSPS) is 19.3. The van der Waals surface area contributed by atoms with Crippen LogP contribution in [0, 0.1) is 0 Å². The van der Waals surface area contributed by atoms with E-state index in [1.165, 1.54) is 38.2 Å². The van der Waals surface area contributed by atoms with Crippen molar-refractivity contribution in [2.24, 2.45) is 0 Å². The summed E-state index contributed by atoms with van der Waals surface area (Å²) in [7, 11) is 0. The van der Waals surface area contributed by atoms with Gasteiger partial charge in [-0.25, -0.2) is 9.97 Å². The van der Waals surface area contributed by atoms with Gasteiger partial charge in [-0.15, -0.1) is 0 Å².